The number of aryl methyl sites for hydroxylation is 1. The first kappa shape index (κ1) is 14.0. The van der Waals surface area contributed by atoms with Gasteiger partial charge in [-0.2, -0.15) is 0 Å². The number of halogens is 2. The minimum atomic E-state index is -0.686. The van der Waals surface area contributed by atoms with E-state index in [9.17, 15) is 8.78 Å². The molecule has 3 unspecified atom stereocenters. The summed E-state index contributed by atoms with van der Waals surface area (Å²) in [6.07, 6.45) is 5.10. The molecule has 2 aliphatic carbocycles. The Morgan fingerprint density at radius 1 is 1.15 bits per heavy atom. The summed E-state index contributed by atoms with van der Waals surface area (Å²) in [4.78, 5) is 0. The van der Waals surface area contributed by atoms with E-state index in [1.807, 2.05) is 6.92 Å². The topological polar surface area (TPSA) is 12.0 Å². The van der Waals surface area contributed by atoms with Gasteiger partial charge >= 0.3 is 0 Å². The Hall–Kier alpha value is -0.960. The quantitative estimate of drug-likeness (QED) is 0.863. The van der Waals surface area contributed by atoms with Crippen LogP contribution < -0.4 is 5.32 Å². The molecule has 0 spiro atoms. The smallest absolute Gasteiger partial charge is 0.163 e. The number of benzene rings is 1. The van der Waals surface area contributed by atoms with Crippen LogP contribution in [0.1, 0.15) is 49.8 Å². The molecule has 2 saturated carbocycles. The summed E-state index contributed by atoms with van der Waals surface area (Å²) in [6.45, 7) is 4.43. The Kier molecular flexibility index (Phi) is 3.80. The first-order valence-corrected chi connectivity index (χ1v) is 7.83. The van der Waals surface area contributed by atoms with Gasteiger partial charge in [0.2, 0.25) is 0 Å². The third-order valence-electron chi connectivity index (χ3n) is 5.17. The van der Waals surface area contributed by atoms with Crippen molar-refractivity contribution in [2.45, 2.75) is 45.6 Å². The molecule has 1 aromatic carbocycles. The number of nitrogens with one attached hydrogen (secondary N) is 1. The van der Waals surface area contributed by atoms with E-state index in [0.717, 1.165) is 18.4 Å². The van der Waals surface area contributed by atoms with Crippen molar-refractivity contribution in [2.75, 3.05) is 6.54 Å². The van der Waals surface area contributed by atoms with Crippen molar-refractivity contribution >= 4 is 0 Å². The highest BCUT2D eigenvalue weighted by atomic mass is 19.2. The molecule has 1 nitrogen and oxygen atoms in total. The fraction of sp³-hybridized carbons (Fsp3) is 0.647. The van der Waals surface area contributed by atoms with Crippen molar-refractivity contribution in [3.8, 4) is 0 Å². The van der Waals surface area contributed by atoms with Crippen LogP contribution in [0.3, 0.4) is 0 Å². The summed E-state index contributed by atoms with van der Waals surface area (Å²) in [5.41, 5.74) is 0.907. The maximum atomic E-state index is 14.3. The molecule has 110 valence electrons. The van der Waals surface area contributed by atoms with Crippen molar-refractivity contribution in [3.63, 3.8) is 0 Å². The van der Waals surface area contributed by atoms with Crippen molar-refractivity contribution < 1.29 is 8.78 Å². The molecule has 2 fully saturated rings. The monoisotopic (exact) mass is 279 g/mol. The standard InChI is InChI=1S/C17H23F2N/c1-3-20-17(14-11-6-4-5-7-12(11)14)13-9-8-10(2)15(18)16(13)19/h8-9,11-12,14,17,20H,3-7H2,1-2H3. The average molecular weight is 279 g/mol. The van der Waals surface area contributed by atoms with Gasteiger partial charge in [0.05, 0.1) is 0 Å². The maximum Gasteiger partial charge on any atom is 0.163 e. The molecule has 0 heterocycles. The van der Waals surface area contributed by atoms with Crippen LogP contribution in [0.4, 0.5) is 8.78 Å². The molecule has 3 rings (SSSR count). The molecule has 0 saturated heterocycles. The zero-order chi connectivity index (χ0) is 14.3. The molecule has 20 heavy (non-hydrogen) atoms. The highest BCUT2D eigenvalue weighted by Crippen LogP contribution is 2.60. The summed E-state index contributed by atoms with van der Waals surface area (Å²) >= 11 is 0. The van der Waals surface area contributed by atoms with Gasteiger partial charge in [0.25, 0.3) is 0 Å². The summed E-state index contributed by atoms with van der Waals surface area (Å²) in [6, 6.07) is 3.44. The maximum absolute atomic E-state index is 14.3. The molecule has 0 aliphatic heterocycles. The zero-order valence-corrected chi connectivity index (χ0v) is 12.3. The molecule has 3 atom stereocenters. The Labute approximate surface area is 119 Å². The van der Waals surface area contributed by atoms with Gasteiger partial charge in [0.15, 0.2) is 11.6 Å². The van der Waals surface area contributed by atoms with Gasteiger partial charge in [-0.25, -0.2) is 8.78 Å². The van der Waals surface area contributed by atoms with Gasteiger partial charge in [-0.3, -0.25) is 0 Å². The van der Waals surface area contributed by atoms with E-state index in [-0.39, 0.29) is 6.04 Å². The second kappa shape index (κ2) is 5.44. The largest absolute Gasteiger partial charge is 0.310 e. The van der Waals surface area contributed by atoms with Crippen molar-refractivity contribution in [1.82, 2.24) is 5.32 Å². The molecule has 2 aliphatic rings. The summed E-state index contributed by atoms with van der Waals surface area (Å²) in [7, 11) is 0. The molecule has 0 bridgehead atoms. The van der Waals surface area contributed by atoms with E-state index >= 15 is 0 Å². The van der Waals surface area contributed by atoms with Crippen LogP contribution in [0.2, 0.25) is 0 Å². The predicted molar refractivity (Wildman–Crippen MR) is 76.5 cm³/mol. The molecule has 1 N–H and O–H groups in total. The Balaban J connectivity index is 1.90. The van der Waals surface area contributed by atoms with E-state index in [1.54, 1.807) is 19.1 Å². The van der Waals surface area contributed by atoms with Crippen LogP contribution in [0, 0.1) is 36.3 Å². The fourth-order valence-corrected chi connectivity index (χ4v) is 4.12. The average Bonchev–Trinajstić information content (AvgIpc) is 3.17. The molecule has 0 radical (unpaired) electrons. The third-order valence-corrected chi connectivity index (χ3v) is 5.17. The van der Waals surface area contributed by atoms with Crippen LogP contribution in [-0.2, 0) is 0 Å². The molecular weight excluding hydrogens is 256 g/mol. The Morgan fingerprint density at radius 3 is 2.40 bits per heavy atom. The molecular formula is C17H23F2N. The normalized spacial score (nSPS) is 29.9. The van der Waals surface area contributed by atoms with Crippen LogP contribution >= 0.6 is 0 Å². The van der Waals surface area contributed by atoms with Gasteiger partial charge in [-0.05, 0) is 49.6 Å². The van der Waals surface area contributed by atoms with Crippen molar-refractivity contribution in [3.05, 3.63) is 34.9 Å². The van der Waals surface area contributed by atoms with Crippen molar-refractivity contribution in [2.24, 2.45) is 17.8 Å². The van der Waals surface area contributed by atoms with Crippen LogP contribution in [-0.4, -0.2) is 6.54 Å². The Morgan fingerprint density at radius 2 is 1.80 bits per heavy atom. The van der Waals surface area contributed by atoms with E-state index in [4.69, 9.17) is 0 Å². The van der Waals surface area contributed by atoms with Gasteiger partial charge in [-0.1, -0.05) is 31.9 Å². The number of hydrogen-bond donors (Lipinski definition) is 1. The van der Waals surface area contributed by atoms with Gasteiger partial charge in [0.1, 0.15) is 0 Å². The summed E-state index contributed by atoms with van der Waals surface area (Å²) in [5, 5.41) is 3.40. The van der Waals surface area contributed by atoms with Gasteiger partial charge < -0.3 is 5.32 Å². The molecule has 0 amide bonds. The third kappa shape index (κ3) is 2.26. The number of hydrogen-bond acceptors (Lipinski definition) is 1. The number of rotatable bonds is 4. The van der Waals surface area contributed by atoms with E-state index in [0.29, 0.717) is 17.0 Å². The number of fused-ring (bicyclic) bond motifs is 1. The van der Waals surface area contributed by atoms with Crippen LogP contribution in [0.15, 0.2) is 12.1 Å². The summed E-state index contributed by atoms with van der Waals surface area (Å²) in [5.74, 6) is 0.593. The first-order valence-electron chi connectivity index (χ1n) is 7.83. The highest BCUT2D eigenvalue weighted by Gasteiger charge is 2.54. The fourth-order valence-electron chi connectivity index (χ4n) is 4.12. The first-order chi connectivity index (χ1) is 9.65. The van der Waals surface area contributed by atoms with Crippen molar-refractivity contribution in [1.29, 1.82) is 0 Å². The van der Waals surface area contributed by atoms with E-state index < -0.39 is 11.6 Å². The lowest BCUT2D eigenvalue weighted by Crippen LogP contribution is -2.25. The van der Waals surface area contributed by atoms with E-state index in [2.05, 4.69) is 5.32 Å². The SMILES string of the molecule is CCNC(c1ccc(C)c(F)c1F)C1C2CCCCC21. The second-order valence-corrected chi connectivity index (χ2v) is 6.32. The van der Waals surface area contributed by atoms with Gasteiger partial charge in [-0.15, -0.1) is 0 Å². The predicted octanol–water partition coefficient (Wildman–Crippen LogP) is 4.36. The van der Waals surface area contributed by atoms with Crippen LogP contribution in [0.25, 0.3) is 0 Å². The molecule has 1 aromatic rings. The summed E-state index contributed by atoms with van der Waals surface area (Å²) < 4.78 is 28.1. The molecule has 0 aromatic heterocycles. The molecule has 3 heteroatoms. The minimum absolute atomic E-state index is 0.0248. The van der Waals surface area contributed by atoms with E-state index in [1.165, 1.54) is 25.7 Å². The Bertz CT molecular complexity index is 488. The lowest BCUT2D eigenvalue weighted by Gasteiger charge is -2.20. The lowest BCUT2D eigenvalue weighted by atomic mass is 9.97. The van der Waals surface area contributed by atoms with Gasteiger partial charge in [0, 0.05) is 11.6 Å². The highest BCUT2D eigenvalue weighted by molar-refractivity contribution is 5.30. The zero-order valence-electron chi connectivity index (χ0n) is 12.3. The lowest BCUT2D eigenvalue weighted by molar-refractivity contribution is 0.418. The minimum Gasteiger partial charge on any atom is -0.310 e. The second-order valence-electron chi connectivity index (χ2n) is 6.32. The van der Waals surface area contributed by atoms with Crippen LogP contribution in [0.5, 0.6) is 0 Å².